The van der Waals surface area contributed by atoms with E-state index in [1.54, 1.807) is 26.1 Å². The number of carbonyl (C=O) groups excluding carboxylic acids is 1. The van der Waals surface area contributed by atoms with E-state index in [0.717, 1.165) is 31.0 Å². The smallest absolute Gasteiger partial charge is 0.407 e. The first-order chi connectivity index (χ1) is 16.0. The van der Waals surface area contributed by atoms with Gasteiger partial charge in [0.05, 0.1) is 18.0 Å². The number of hydrogen-bond acceptors (Lipinski definition) is 8. The molecule has 0 aromatic carbocycles. The number of hydrogen-bond donors (Lipinski definition) is 3. The number of carbonyl (C=O) groups is 1. The quantitative estimate of drug-likeness (QED) is 0.493. The minimum atomic E-state index is -1.52. The van der Waals surface area contributed by atoms with Crippen molar-refractivity contribution in [1.82, 2.24) is 34.8 Å². The van der Waals surface area contributed by atoms with Crippen LogP contribution >= 0.6 is 0 Å². The third-order valence-electron chi connectivity index (χ3n) is 5.66. The highest BCUT2D eigenvalue weighted by Gasteiger charge is 2.42. The van der Waals surface area contributed by atoms with Gasteiger partial charge in [0.2, 0.25) is 5.95 Å². The molecule has 2 fully saturated rings. The number of ether oxygens (including phenoxy) is 2. The van der Waals surface area contributed by atoms with Gasteiger partial charge in [0.15, 0.2) is 18.1 Å². The van der Waals surface area contributed by atoms with Gasteiger partial charge in [-0.3, -0.25) is 14.4 Å². The molecule has 0 radical (unpaired) electrons. The molecule has 0 unspecified atom stereocenters. The Kier molecular flexibility index (Phi) is 5.85. The third-order valence-corrected chi connectivity index (χ3v) is 5.66. The number of fused-ring (bicyclic) bond motifs is 1. The van der Waals surface area contributed by atoms with Crippen molar-refractivity contribution in [1.29, 1.82) is 0 Å². The van der Waals surface area contributed by atoms with Crippen molar-refractivity contribution >= 4 is 23.5 Å². The molecule has 2 aliphatic rings. The molecular formula is C21H27FN8O3. The minimum Gasteiger partial charge on any atom is -0.441 e. The molecular weight excluding hydrogens is 431 g/mol. The maximum atomic E-state index is 14.9. The Morgan fingerprint density at radius 1 is 1.42 bits per heavy atom. The van der Waals surface area contributed by atoms with Crippen molar-refractivity contribution in [3.63, 3.8) is 0 Å². The molecule has 5 rings (SSSR count). The second-order valence-electron chi connectivity index (χ2n) is 8.63. The Balaban J connectivity index is 1.26. The lowest BCUT2D eigenvalue weighted by atomic mass is 10.1. The zero-order valence-electron chi connectivity index (χ0n) is 18.5. The fourth-order valence-corrected chi connectivity index (χ4v) is 3.91. The summed E-state index contributed by atoms with van der Waals surface area (Å²) in [5.74, 6) is 1.00. The molecule has 0 saturated carbocycles. The zero-order chi connectivity index (χ0) is 22.9. The fraction of sp³-hybridized carbons (Fsp3) is 0.524. The molecule has 3 atom stereocenters. The van der Waals surface area contributed by atoms with Crippen molar-refractivity contribution in [2.24, 2.45) is 0 Å². The minimum absolute atomic E-state index is 0.0329. The van der Waals surface area contributed by atoms with E-state index in [1.807, 2.05) is 16.7 Å². The summed E-state index contributed by atoms with van der Waals surface area (Å²) in [5.41, 5.74) is 2.19. The van der Waals surface area contributed by atoms with Crippen molar-refractivity contribution in [2.75, 3.05) is 25.0 Å². The molecule has 0 bridgehead atoms. The van der Waals surface area contributed by atoms with Gasteiger partial charge in [-0.2, -0.15) is 5.10 Å². The van der Waals surface area contributed by atoms with Crippen molar-refractivity contribution in [3.05, 3.63) is 35.9 Å². The normalized spacial score (nSPS) is 23.1. The number of halogens is 1. The Hall–Kier alpha value is -3.25. The Morgan fingerprint density at radius 3 is 3.03 bits per heavy atom. The summed E-state index contributed by atoms with van der Waals surface area (Å²) in [5, 5.41) is 12.7. The number of amides is 1. The number of imidazole rings is 1. The fourth-order valence-electron chi connectivity index (χ4n) is 3.91. The van der Waals surface area contributed by atoms with Crippen molar-refractivity contribution in [2.45, 2.75) is 51.2 Å². The molecule has 2 saturated heterocycles. The third kappa shape index (κ3) is 4.62. The van der Waals surface area contributed by atoms with Crippen LogP contribution < -0.4 is 10.6 Å². The number of aromatic amines is 1. The van der Waals surface area contributed by atoms with Crippen LogP contribution in [0.4, 0.5) is 21.0 Å². The summed E-state index contributed by atoms with van der Waals surface area (Å²) >= 11 is 0. The lowest BCUT2D eigenvalue weighted by molar-refractivity contribution is 0.0615. The van der Waals surface area contributed by atoms with Crippen LogP contribution in [-0.4, -0.2) is 73.6 Å². The molecule has 1 amide bonds. The van der Waals surface area contributed by atoms with E-state index in [1.165, 1.54) is 6.42 Å². The average Bonchev–Trinajstić information content (AvgIpc) is 3.44. The van der Waals surface area contributed by atoms with Crippen LogP contribution in [0.1, 0.15) is 37.8 Å². The van der Waals surface area contributed by atoms with E-state index < -0.39 is 24.5 Å². The van der Waals surface area contributed by atoms with Crippen LogP contribution in [0.3, 0.4) is 0 Å². The summed E-state index contributed by atoms with van der Waals surface area (Å²) < 4.78 is 27.5. The number of anilines is 2. The van der Waals surface area contributed by atoms with Crippen molar-refractivity contribution < 1.29 is 18.7 Å². The second-order valence-corrected chi connectivity index (χ2v) is 8.63. The first-order valence-electron chi connectivity index (χ1n) is 11.1. The van der Waals surface area contributed by atoms with Gasteiger partial charge in [-0.15, -0.1) is 0 Å². The molecule has 0 aliphatic carbocycles. The van der Waals surface area contributed by atoms with Gasteiger partial charge in [0, 0.05) is 31.0 Å². The van der Waals surface area contributed by atoms with E-state index in [0.29, 0.717) is 17.5 Å². The first-order valence-corrected chi connectivity index (χ1v) is 11.1. The number of alkyl halides is 1. The van der Waals surface area contributed by atoms with Crippen LogP contribution in [0.25, 0.3) is 5.65 Å². The lowest BCUT2D eigenvalue weighted by Crippen LogP contribution is -2.36. The molecule has 176 valence electrons. The van der Waals surface area contributed by atoms with E-state index in [2.05, 4.69) is 35.7 Å². The monoisotopic (exact) mass is 458 g/mol. The number of alkyl carbamates (subject to hydrolysis) is 1. The molecule has 0 spiro atoms. The van der Waals surface area contributed by atoms with Gasteiger partial charge >= 0.3 is 6.09 Å². The highest BCUT2D eigenvalue weighted by molar-refractivity contribution is 5.67. The first kappa shape index (κ1) is 21.6. The van der Waals surface area contributed by atoms with E-state index in [4.69, 9.17) is 9.47 Å². The van der Waals surface area contributed by atoms with E-state index in [9.17, 15) is 9.18 Å². The standard InChI is InChI=1S/C21H27FN8O3/c1-12(2)24-21(31)33-15-11-32-19(18(15)22)14-8-16(28-27-14)26-20-23-5-4-17-25-13(10-30(17)20)9-29-6-3-7-29/h4-5,8,10,12,15,18-19H,3,6-7,9,11H2,1-2H3,(H,24,31)(H2,23,26,27,28)/t15-,18-,19-/m0/s1. The van der Waals surface area contributed by atoms with Gasteiger partial charge in [0.25, 0.3) is 0 Å². The van der Waals surface area contributed by atoms with Gasteiger partial charge in [-0.05, 0) is 39.4 Å². The van der Waals surface area contributed by atoms with Gasteiger partial charge in [0.1, 0.15) is 11.8 Å². The van der Waals surface area contributed by atoms with Crippen LogP contribution in [0.2, 0.25) is 0 Å². The number of H-pyrrole nitrogens is 1. The summed E-state index contributed by atoms with van der Waals surface area (Å²) in [7, 11) is 0. The molecule has 11 nitrogen and oxygen atoms in total. The number of aromatic nitrogens is 5. The summed E-state index contributed by atoms with van der Waals surface area (Å²) in [6.07, 6.45) is 0.777. The Bertz CT molecular complexity index is 1130. The predicted molar refractivity (Wildman–Crippen MR) is 117 cm³/mol. The maximum Gasteiger partial charge on any atom is 0.407 e. The lowest BCUT2D eigenvalue weighted by Gasteiger charge is -2.29. The summed E-state index contributed by atoms with van der Waals surface area (Å²) in [4.78, 5) is 23.2. The number of nitrogens with one attached hydrogen (secondary N) is 3. The topological polar surface area (TPSA) is 122 Å². The van der Waals surface area contributed by atoms with Gasteiger partial charge in [-0.25, -0.2) is 19.2 Å². The van der Waals surface area contributed by atoms with E-state index in [-0.39, 0.29) is 12.6 Å². The number of nitrogens with zero attached hydrogens (tertiary/aromatic N) is 5. The molecule has 12 heteroatoms. The average molecular weight is 458 g/mol. The van der Waals surface area contributed by atoms with Crippen LogP contribution in [0, 0.1) is 0 Å². The largest absolute Gasteiger partial charge is 0.441 e. The number of likely N-dealkylation sites (tertiary alicyclic amines) is 1. The molecule has 5 heterocycles. The number of rotatable bonds is 7. The zero-order valence-corrected chi connectivity index (χ0v) is 18.5. The Morgan fingerprint density at radius 2 is 2.27 bits per heavy atom. The van der Waals surface area contributed by atoms with Gasteiger partial charge < -0.3 is 20.1 Å². The van der Waals surface area contributed by atoms with Crippen LogP contribution in [-0.2, 0) is 16.0 Å². The summed E-state index contributed by atoms with van der Waals surface area (Å²) in [6.45, 7) is 6.57. The van der Waals surface area contributed by atoms with E-state index >= 15 is 0 Å². The highest BCUT2D eigenvalue weighted by Crippen LogP contribution is 2.33. The Labute approximate surface area is 189 Å². The molecule has 3 aromatic heterocycles. The summed E-state index contributed by atoms with van der Waals surface area (Å²) in [6, 6.07) is 3.40. The van der Waals surface area contributed by atoms with Crippen LogP contribution in [0.5, 0.6) is 0 Å². The van der Waals surface area contributed by atoms with Crippen LogP contribution in [0.15, 0.2) is 24.5 Å². The second kappa shape index (κ2) is 8.94. The predicted octanol–water partition coefficient (Wildman–Crippen LogP) is 2.31. The highest BCUT2D eigenvalue weighted by atomic mass is 19.1. The SMILES string of the molecule is CC(C)NC(=O)O[C@H]1CO[C@@H](c2cc(Nc3nccc4nc(CN5CCC5)cn34)n[nH]2)[C@H]1F. The molecule has 3 aromatic rings. The maximum absolute atomic E-state index is 14.9. The molecule has 33 heavy (non-hydrogen) atoms. The van der Waals surface area contributed by atoms with Crippen molar-refractivity contribution in [3.8, 4) is 0 Å². The molecule has 3 N–H and O–H groups in total. The van der Waals surface area contributed by atoms with Gasteiger partial charge in [-0.1, -0.05) is 0 Å². The molecule has 2 aliphatic heterocycles.